The Hall–Kier alpha value is -4.19. The fraction of sp³-hybridized carbons (Fsp3) is 0.207. The maximum Gasteiger partial charge on any atom is 0.337 e. The molecule has 3 aromatic rings. The second-order valence-corrected chi connectivity index (χ2v) is 8.60. The van der Waals surface area contributed by atoms with Crippen molar-refractivity contribution >= 4 is 29.1 Å². The van der Waals surface area contributed by atoms with E-state index in [2.05, 4.69) is 0 Å². The molecule has 3 aromatic carbocycles. The molecule has 0 radical (unpaired) electrons. The first kappa shape index (κ1) is 24.0. The molecule has 6 nitrogen and oxygen atoms in total. The van der Waals surface area contributed by atoms with Gasteiger partial charge in [-0.25, -0.2) is 4.79 Å². The molecule has 1 fully saturated rings. The lowest BCUT2D eigenvalue weighted by Gasteiger charge is -2.26. The quantitative estimate of drug-likeness (QED) is 0.238. The van der Waals surface area contributed by atoms with Crippen molar-refractivity contribution in [3.63, 3.8) is 0 Å². The van der Waals surface area contributed by atoms with E-state index in [1.807, 2.05) is 51.1 Å². The van der Waals surface area contributed by atoms with Crippen molar-refractivity contribution in [2.45, 2.75) is 33.2 Å². The van der Waals surface area contributed by atoms with Crippen LogP contribution in [0.4, 0.5) is 5.69 Å². The molecule has 1 aliphatic rings. The molecule has 0 aliphatic carbocycles. The molecule has 1 aliphatic heterocycles. The Morgan fingerprint density at radius 1 is 0.914 bits per heavy atom. The minimum atomic E-state index is -0.827. The topological polar surface area (TPSA) is 83.9 Å². The van der Waals surface area contributed by atoms with Crippen LogP contribution in [0.1, 0.15) is 51.1 Å². The number of carbonyl (C=O) groups is 3. The van der Waals surface area contributed by atoms with E-state index in [0.29, 0.717) is 22.4 Å². The number of Topliss-reactive ketones (excluding diaryl/α,β-unsaturated/α-hetero) is 1. The van der Waals surface area contributed by atoms with E-state index < -0.39 is 23.7 Å². The van der Waals surface area contributed by atoms with Crippen LogP contribution in [-0.2, 0) is 20.7 Å². The van der Waals surface area contributed by atoms with Crippen LogP contribution >= 0.6 is 0 Å². The number of ketones is 1. The van der Waals surface area contributed by atoms with Gasteiger partial charge < -0.3 is 9.84 Å². The average Bonchev–Trinajstić information content (AvgIpc) is 3.15. The second kappa shape index (κ2) is 9.58. The molecule has 0 spiro atoms. The number of hydrogen-bond acceptors (Lipinski definition) is 5. The number of rotatable bonds is 5. The van der Waals surface area contributed by atoms with Crippen LogP contribution in [0.5, 0.6) is 0 Å². The summed E-state index contributed by atoms with van der Waals surface area (Å²) < 4.78 is 4.75. The molecule has 0 bridgehead atoms. The maximum absolute atomic E-state index is 13.3. The fourth-order valence-electron chi connectivity index (χ4n) is 4.27. The number of nitrogens with zero attached hydrogens (tertiary/aromatic N) is 1. The first-order valence-electron chi connectivity index (χ1n) is 11.4. The van der Waals surface area contributed by atoms with Gasteiger partial charge >= 0.3 is 5.97 Å². The zero-order valence-electron chi connectivity index (χ0n) is 20.2. The normalized spacial score (nSPS) is 17.0. The van der Waals surface area contributed by atoms with Gasteiger partial charge in [0.15, 0.2) is 0 Å². The zero-order valence-corrected chi connectivity index (χ0v) is 20.2. The Labute approximate surface area is 204 Å². The summed E-state index contributed by atoms with van der Waals surface area (Å²) in [4.78, 5) is 39.8. The van der Waals surface area contributed by atoms with E-state index in [4.69, 9.17) is 4.74 Å². The van der Waals surface area contributed by atoms with Crippen LogP contribution in [0.2, 0.25) is 0 Å². The molecule has 35 heavy (non-hydrogen) atoms. The number of hydrogen-bond donors (Lipinski definition) is 1. The number of aryl methyl sites for hydroxylation is 3. The number of amides is 1. The van der Waals surface area contributed by atoms with Gasteiger partial charge in [-0.1, -0.05) is 43.3 Å². The number of aliphatic hydroxyl groups is 1. The number of ether oxygens (including phenoxy) is 1. The molecule has 6 heteroatoms. The van der Waals surface area contributed by atoms with E-state index >= 15 is 0 Å². The van der Waals surface area contributed by atoms with Crippen molar-refractivity contribution in [1.29, 1.82) is 0 Å². The van der Waals surface area contributed by atoms with E-state index in [1.54, 1.807) is 36.4 Å². The summed E-state index contributed by atoms with van der Waals surface area (Å²) >= 11 is 0. The Balaban J connectivity index is 1.90. The van der Waals surface area contributed by atoms with Crippen molar-refractivity contribution in [1.82, 2.24) is 0 Å². The van der Waals surface area contributed by atoms with Crippen molar-refractivity contribution in [3.8, 4) is 0 Å². The molecule has 1 saturated heterocycles. The lowest BCUT2D eigenvalue weighted by Crippen LogP contribution is -2.29. The van der Waals surface area contributed by atoms with E-state index in [1.165, 1.54) is 12.0 Å². The SMILES string of the molecule is CCc1ccc(C2/C(=C(/O)c3ccc(C)c(C)c3)C(=O)C(=O)N2c2ccc(C(=O)OC)cc2)cc1. The standard InChI is InChI=1S/C29H27NO5/c1-5-19-7-10-20(11-8-19)25-24(26(31)22-9-6-17(2)18(3)16-22)27(32)28(33)30(25)23-14-12-21(13-15-23)29(34)35-4/h6-16,25,31H,5H2,1-4H3/b26-24-. The second-order valence-electron chi connectivity index (χ2n) is 8.60. The summed E-state index contributed by atoms with van der Waals surface area (Å²) in [6, 6.07) is 18.5. The molecule has 1 unspecified atom stereocenters. The number of carbonyl (C=O) groups excluding carboxylic acids is 3. The lowest BCUT2D eigenvalue weighted by molar-refractivity contribution is -0.132. The molecule has 1 amide bonds. The summed E-state index contributed by atoms with van der Waals surface area (Å²) in [6.07, 6.45) is 0.845. The third-order valence-electron chi connectivity index (χ3n) is 6.50. The van der Waals surface area contributed by atoms with Gasteiger partial charge in [-0.05, 0) is 72.9 Å². The van der Waals surface area contributed by atoms with Crippen LogP contribution in [0, 0.1) is 13.8 Å². The van der Waals surface area contributed by atoms with Crippen LogP contribution in [-0.4, -0.2) is 29.9 Å². The minimum Gasteiger partial charge on any atom is -0.507 e. The van der Waals surface area contributed by atoms with Crippen LogP contribution in [0.25, 0.3) is 5.76 Å². The van der Waals surface area contributed by atoms with Gasteiger partial charge in [0.2, 0.25) is 0 Å². The van der Waals surface area contributed by atoms with Crippen LogP contribution in [0.15, 0.2) is 72.3 Å². The fourth-order valence-corrected chi connectivity index (χ4v) is 4.27. The van der Waals surface area contributed by atoms with Crippen molar-refractivity contribution in [2.75, 3.05) is 12.0 Å². The third-order valence-corrected chi connectivity index (χ3v) is 6.50. The summed E-state index contributed by atoms with van der Waals surface area (Å²) in [6.45, 7) is 5.93. The highest BCUT2D eigenvalue weighted by Gasteiger charge is 2.47. The number of aliphatic hydroxyl groups excluding tert-OH is 1. The summed E-state index contributed by atoms with van der Waals surface area (Å²) in [5.41, 5.74) is 5.09. The first-order chi connectivity index (χ1) is 16.8. The predicted molar refractivity (Wildman–Crippen MR) is 134 cm³/mol. The van der Waals surface area contributed by atoms with E-state index in [0.717, 1.165) is 23.1 Å². The number of anilines is 1. The van der Waals surface area contributed by atoms with Crippen LogP contribution in [0.3, 0.4) is 0 Å². The average molecular weight is 470 g/mol. The molecule has 1 atom stereocenters. The molecule has 4 rings (SSSR count). The third kappa shape index (κ3) is 4.35. The van der Waals surface area contributed by atoms with Crippen molar-refractivity contribution in [3.05, 3.63) is 106 Å². The Kier molecular flexibility index (Phi) is 6.56. The lowest BCUT2D eigenvalue weighted by atomic mass is 9.93. The minimum absolute atomic E-state index is 0.0274. The summed E-state index contributed by atoms with van der Waals surface area (Å²) in [5, 5.41) is 11.3. The maximum atomic E-state index is 13.3. The number of methoxy groups -OCH3 is 1. The van der Waals surface area contributed by atoms with E-state index in [9.17, 15) is 19.5 Å². The predicted octanol–water partition coefficient (Wildman–Crippen LogP) is 5.28. The summed E-state index contributed by atoms with van der Waals surface area (Å²) in [5.74, 6) is -2.22. The largest absolute Gasteiger partial charge is 0.507 e. The smallest absolute Gasteiger partial charge is 0.337 e. The number of benzene rings is 3. The monoisotopic (exact) mass is 469 g/mol. The number of esters is 1. The highest BCUT2D eigenvalue weighted by atomic mass is 16.5. The highest BCUT2D eigenvalue weighted by Crippen LogP contribution is 2.42. The Morgan fingerprint density at radius 3 is 2.11 bits per heavy atom. The molecule has 1 N–H and O–H groups in total. The molecule has 0 aromatic heterocycles. The van der Waals surface area contributed by atoms with Gasteiger partial charge in [-0.15, -0.1) is 0 Å². The van der Waals surface area contributed by atoms with Gasteiger partial charge in [0.25, 0.3) is 11.7 Å². The van der Waals surface area contributed by atoms with E-state index in [-0.39, 0.29) is 11.3 Å². The molecule has 0 saturated carbocycles. The van der Waals surface area contributed by atoms with Gasteiger partial charge in [-0.3, -0.25) is 14.5 Å². The van der Waals surface area contributed by atoms with Gasteiger partial charge in [0, 0.05) is 11.3 Å². The first-order valence-corrected chi connectivity index (χ1v) is 11.4. The molecule has 178 valence electrons. The van der Waals surface area contributed by atoms with Gasteiger partial charge in [0.05, 0.1) is 24.3 Å². The van der Waals surface area contributed by atoms with Crippen molar-refractivity contribution < 1.29 is 24.2 Å². The molecular weight excluding hydrogens is 442 g/mol. The van der Waals surface area contributed by atoms with Gasteiger partial charge in [-0.2, -0.15) is 0 Å². The molecular formula is C29H27NO5. The zero-order chi connectivity index (χ0) is 25.3. The summed E-state index contributed by atoms with van der Waals surface area (Å²) in [7, 11) is 1.29. The van der Waals surface area contributed by atoms with Crippen molar-refractivity contribution in [2.24, 2.45) is 0 Å². The van der Waals surface area contributed by atoms with Gasteiger partial charge in [0.1, 0.15) is 5.76 Å². The highest BCUT2D eigenvalue weighted by molar-refractivity contribution is 6.51. The van der Waals surface area contributed by atoms with Crippen LogP contribution < -0.4 is 4.90 Å². The Bertz CT molecular complexity index is 1340. The molecule has 1 heterocycles. The Morgan fingerprint density at radius 2 is 1.54 bits per heavy atom.